The molecular formula is C9H10N2OS. The molecule has 1 heterocycles. The third-order valence-electron chi connectivity index (χ3n) is 1.81. The molecule has 0 aliphatic rings. The van der Waals surface area contributed by atoms with E-state index in [1.807, 2.05) is 25.2 Å². The molecule has 2 rings (SSSR count). The number of aromatic nitrogens is 1. The monoisotopic (exact) mass is 194 g/mol. The van der Waals surface area contributed by atoms with E-state index in [2.05, 4.69) is 10.3 Å². The first-order chi connectivity index (χ1) is 6.33. The fourth-order valence-electron chi connectivity index (χ4n) is 1.14. The van der Waals surface area contributed by atoms with Crippen molar-refractivity contribution in [1.82, 2.24) is 4.98 Å². The normalized spacial score (nSPS) is 10.3. The predicted octanol–water partition coefficient (Wildman–Crippen LogP) is 2.35. The highest BCUT2D eigenvalue weighted by molar-refractivity contribution is 7.22. The first-order valence-electron chi connectivity index (χ1n) is 3.96. The first-order valence-corrected chi connectivity index (χ1v) is 4.77. The lowest BCUT2D eigenvalue weighted by Gasteiger charge is -1.96. The van der Waals surface area contributed by atoms with E-state index in [0.717, 1.165) is 16.4 Å². The van der Waals surface area contributed by atoms with Crippen LogP contribution in [0.2, 0.25) is 0 Å². The molecule has 0 unspecified atom stereocenters. The zero-order chi connectivity index (χ0) is 9.26. The molecule has 0 radical (unpaired) electrons. The van der Waals surface area contributed by atoms with Gasteiger partial charge in [-0.15, -0.1) is 0 Å². The highest BCUT2D eigenvalue weighted by Gasteiger charge is 2.02. The number of rotatable bonds is 2. The fourth-order valence-corrected chi connectivity index (χ4v) is 1.94. The van der Waals surface area contributed by atoms with E-state index in [0.29, 0.717) is 0 Å². The summed E-state index contributed by atoms with van der Waals surface area (Å²) in [5.74, 6) is 0.848. The summed E-state index contributed by atoms with van der Waals surface area (Å²) >= 11 is 1.64. The predicted molar refractivity (Wildman–Crippen MR) is 55.7 cm³/mol. The largest absolute Gasteiger partial charge is 0.497 e. The van der Waals surface area contributed by atoms with E-state index in [4.69, 9.17) is 4.74 Å². The minimum Gasteiger partial charge on any atom is -0.497 e. The van der Waals surface area contributed by atoms with Crippen LogP contribution in [0.1, 0.15) is 0 Å². The van der Waals surface area contributed by atoms with Crippen molar-refractivity contribution < 1.29 is 4.74 Å². The molecule has 1 aromatic carbocycles. The van der Waals surface area contributed by atoms with Crippen molar-refractivity contribution in [1.29, 1.82) is 0 Å². The van der Waals surface area contributed by atoms with Crippen LogP contribution in [0.5, 0.6) is 5.75 Å². The summed E-state index contributed by atoms with van der Waals surface area (Å²) < 4.78 is 6.28. The number of nitrogens with zero attached hydrogens (tertiary/aromatic N) is 1. The van der Waals surface area contributed by atoms with Crippen LogP contribution < -0.4 is 10.1 Å². The molecule has 0 spiro atoms. The average molecular weight is 194 g/mol. The van der Waals surface area contributed by atoms with Gasteiger partial charge in [-0.1, -0.05) is 11.3 Å². The van der Waals surface area contributed by atoms with Crippen LogP contribution in [0, 0.1) is 0 Å². The molecular weight excluding hydrogens is 184 g/mol. The van der Waals surface area contributed by atoms with E-state index < -0.39 is 0 Å². The highest BCUT2D eigenvalue weighted by atomic mass is 32.1. The second-order valence-corrected chi connectivity index (χ2v) is 3.63. The Labute approximate surface area is 80.4 Å². The Balaban J connectivity index is 2.57. The quantitative estimate of drug-likeness (QED) is 0.796. The molecule has 68 valence electrons. The molecule has 4 heteroatoms. The van der Waals surface area contributed by atoms with Gasteiger partial charge in [-0.25, -0.2) is 4.98 Å². The molecule has 0 bridgehead atoms. The maximum atomic E-state index is 5.11. The number of methoxy groups -OCH3 is 1. The molecule has 0 atom stereocenters. The van der Waals surface area contributed by atoms with Gasteiger partial charge in [0.1, 0.15) is 5.75 Å². The van der Waals surface area contributed by atoms with Crippen LogP contribution in [-0.4, -0.2) is 19.1 Å². The van der Waals surface area contributed by atoms with Crippen LogP contribution in [0.4, 0.5) is 5.13 Å². The zero-order valence-electron chi connectivity index (χ0n) is 7.50. The van der Waals surface area contributed by atoms with E-state index >= 15 is 0 Å². The topological polar surface area (TPSA) is 34.2 Å². The lowest BCUT2D eigenvalue weighted by atomic mass is 10.3. The molecule has 0 saturated carbocycles. The van der Waals surface area contributed by atoms with Gasteiger partial charge in [0.25, 0.3) is 0 Å². The minimum absolute atomic E-state index is 0.848. The summed E-state index contributed by atoms with van der Waals surface area (Å²) in [4.78, 5) is 4.37. The molecule has 1 N–H and O–H groups in total. The summed E-state index contributed by atoms with van der Waals surface area (Å²) in [6.07, 6.45) is 0. The van der Waals surface area contributed by atoms with Crippen LogP contribution in [0.15, 0.2) is 18.2 Å². The minimum atomic E-state index is 0.848. The Morgan fingerprint density at radius 1 is 1.46 bits per heavy atom. The van der Waals surface area contributed by atoms with Gasteiger partial charge in [0.15, 0.2) is 5.13 Å². The summed E-state index contributed by atoms with van der Waals surface area (Å²) in [6.45, 7) is 0. The number of benzene rings is 1. The number of fused-ring (bicyclic) bond motifs is 1. The number of hydrogen-bond donors (Lipinski definition) is 1. The summed E-state index contributed by atoms with van der Waals surface area (Å²) in [6, 6.07) is 5.90. The molecule has 13 heavy (non-hydrogen) atoms. The lowest BCUT2D eigenvalue weighted by Crippen LogP contribution is -1.84. The Morgan fingerprint density at radius 2 is 2.31 bits per heavy atom. The van der Waals surface area contributed by atoms with Crippen molar-refractivity contribution in [3.63, 3.8) is 0 Å². The summed E-state index contributed by atoms with van der Waals surface area (Å²) in [7, 11) is 3.53. The molecule has 3 nitrogen and oxygen atoms in total. The number of ether oxygens (including phenoxy) is 1. The summed E-state index contributed by atoms with van der Waals surface area (Å²) in [5.41, 5.74) is 0.980. The van der Waals surface area contributed by atoms with E-state index in [1.165, 1.54) is 4.70 Å². The van der Waals surface area contributed by atoms with Gasteiger partial charge in [-0.05, 0) is 12.1 Å². The number of anilines is 1. The Bertz CT molecular complexity index is 422. The average Bonchev–Trinajstić information content (AvgIpc) is 2.58. The smallest absolute Gasteiger partial charge is 0.183 e. The van der Waals surface area contributed by atoms with Gasteiger partial charge < -0.3 is 10.1 Å². The van der Waals surface area contributed by atoms with Gasteiger partial charge in [0, 0.05) is 13.1 Å². The van der Waals surface area contributed by atoms with Crippen LogP contribution in [0.3, 0.4) is 0 Å². The van der Waals surface area contributed by atoms with Crippen molar-refractivity contribution in [3.05, 3.63) is 18.2 Å². The summed E-state index contributed by atoms with van der Waals surface area (Å²) in [5, 5.41) is 3.95. The van der Waals surface area contributed by atoms with Crippen molar-refractivity contribution in [2.24, 2.45) is 0 Å². The van der Waals surface area contributed by atoms with E-state index in [-0.39, 0.29) is 0 Å². The Kier molecular flexibility index (Phi) is 2.06. The van der Waals surface area contributed by atoms with E-state index in [9.17, 15) is 0 Å². The van der Waals surface area contributed by atoms with Crippen molar-refractivity contribution >= 4 is 26.7 Å². The first kappa shape index (κ1) is 8.31. The van der Waals surface area contributed by atoms with Gasteiger partial charge in [-0.3, -0.25) is 0 Å². The van der Waals surface area contributed by atoms with Crippen LogP contribution in [0.25, 0.3) is 10.2 Å². The van der Waals surface area contributed by atoms with Crippen molar-refractivity contribution in [2.45, 2.75) is 0 Å². The molecule has 0 aliphatic carbocycles. The SMILES string of the molecule is CNc1nc2cc(OC)ccc2s1. The van der Waals surface area contributed by atoms with Crippen LogP contribution in [-0.2, 0) is 0 Å². The number of nitrogens with one attached hydrogen (secondary N) is 1. The van der Waals surface area contributed by atoms with Crippen molar-refractivity contribution in [2.75, 3.05) is 19.5 Å². The molecule has 1 aromatic heterocycles. The zero-order valence-corrected chi connectivity index (χ0v) is 8.31. The van der Waals surface area contributed by atoms with E-state index in [1.54, 1.807) is 18.4 Å². The molecule has 0 saturated heterocycles. The highest BCUT2D eigenvalue weighted by Crippen LogP contribution is 2.28. The van der Waals surface area contributed by atoms with Gasteiger partial charge in [0.2, 0.25) is 0 Å². The maximum Gasteiger partial charge on any atom is 0.183 e. The third kappa shape index (κ3) is 1.45. The Hall–Kier alpha value is -1.29. The molecule has 0 fully saturated rings. The second kappa shape index (κ2) is 3.22. The maximum absolute atomic E-state index is 5.11. The standard InChI is InChI=1S/C9H10N2OS/c1-10-9-11-7-5-6(12-2)3-4-8(7)13-9/h3-5H,1-2H3,(H,10,11). The molecule has 2 aromatic rings. The van der Waals surface area contributed by atoms with Crippen molar-refractivity contribution in [3.8, 4) is 5.75 Å². The third-order valence-corrected chi connectivity index (χ3v) is 2.86. The number of thiazole rings is 1. The molecule has 0 amide bonds. The van der Waals surface area contributed by atoms with Gasteiger partial charge >= 0.3 is 0 Å². The van der Waals surface area contributed by atoms with Gasteiger partial charge in [0.05, 0.1) is 17.3 Å². The lowest BCUT2D eigenvalue weighted by molar-refractivity contribution is 0.415. The van der Waals surface area contributed by atoms with Gasteiger partial charge in [-0.2, -0.15) is 0 Å². The fraction of sp³-hybridized carbons (Fsp3) is 0.222. The number of hydrogen-bond acceptors (Lipinski definition) is 4. The molecule has 0 aliphatic heterocycles. The Morgan fingerprint density at radius 3 is 3.00 bits per heavy atom. The second-order valence-electron chi connectivity index (χ2n) is 2.60. The van der Waals surface area contributed by atoms with Crippen LogP contribution >= 0.6 is 11.3 Å².